The average molecular weight is 267 g/mol. The van der Waals surface area contributed by atoms with Crippen molar-refractivity contribution < 1.29 is 9.90 Å². The molecule has 0 aliphatic heterocycles. The number of thioether (sulfide) groups is 1. The third-order valence-electron chi connectivity index (χ3n) is 2.85. The quantitative estimate of drug-likeness (QED) is 0.746. The first kappa shape index (κ1) is 15.1. The molecule has 0 saturated heterocycles. The number of rotatable bonds is 7. The summed E-state index contributed by atoms with van der Waals surface area (Å²) in [4.78, 5) is 12.5. The Balaban J connectivity index is 2.68. The first-order chi connectivity index (χ1) is 8.49. The zero-order valence-corrected chi connectivity index (χ0v) is 12.0. The van der Waals surface area contributed by atoms with Crippen molar-refractivity contribution in [2.75, 3.05) is 12.3 Å². The Labute approximate surface area is 113 Å². The van der Waals surface area contributed by atoms with Crippen LogP contribution in [0, 0.1) is 6.92 Å². The normalized spacial score (nSPS) is 14.2. The van der Waals surface area contributed by atoms with Gasteiger partial charge >= 0.3 is 5.97 Å². The van der Waals surface area contributed by atoms with Gasteiger partial charge in [-0.25, -0.2) is 0 Å². The minimum atomic E-state index is -0.872. The third kappa shape index (κ3) is 4.03. The lowest BCUT2D eigenvalue weighted by Gasteiger charge is -2.26. The number of benzene rings is 1. The molecule has 3 nitrogen and oxygen atoms in total. The number of nitrogens with one attached hydrogen (secondary N) is 1. The third-order valence-corrected chi connectivity index (χ3v) is 4.34. The predicted molar refractivity (Wildman–Crippen MR) is 76.2 cm³/mol. The van der Waals surface area contributed by atoms with Crippen molar-refractivity contribution in [3.8, 4) is 0 Å². The minimum absolute atomic E-state index is 0.521. The van der Waals surface area contributed by atoms with E-state index in [9.17, 15) is 9.90 Å². The van der Waals surface area contributed by atoms with Crippen LogP contribution in [-0.2, 0) is 4.79 Å². The van der Waals surface area contributed by atoms with Gasteiger partial charge in [0.1, 0.15) is 5.54 Å². The van der Waals surface area contributed by atoms with E-state index in [-0.39, 0.29) is 0 Å². The molecule has 0 fully saturated rings. The van der Waals surface area contributed by atoms with E-state index in [0.717, 1.165) is 17.9 Å². The number of carboxylic acid groups (broad SMARTS) is 1. The molecule has 0 heterocycles. The van der Waals surface area contributed by atoms with E-state index in [4.69, 9.17) is 0 Å². The number of carbonyl (C=O) groups is 1. The van der Waals surface area contributed by atoms with Gasteiger partial charge in [-0.1, -0.05) is 25.1 Å². The molecule has 2 N–H and O–H groups in total. The highest BCUT2D eigenvalue weighted by Crippen LogP contribution is 2.25. The van der Waals surface area contributed by atoms with Crippen molar-refractivity contribution in [1.29, 1.82) is 0 Å². The predicted octanol–water partition coefficient (Wildman–Crippen LogP) is 2.93. The lowest BCUT2D eigenvalue weighted by Crippen LogP contribution is -2.51. The van der Waals surface area contributed by atoms with E-state index in [1.165, 1.54) is 5.56 Å². The van der Waals surface area contributed by atoms with Crippen LogP contribution in [0.3, 0.4) is 0 Å². The SMILES string of the molecule is CCCNC(C)(CSc1ccccc1C)C(=O)O. The first-order valence-electron chi connectivity index (χ1n) is 6.16. The topological polar surface area (TPSA) is 49.3 Å². The van der Waals surface area contributed by atoms with E-state index in [2.05, 4.69) is 5.32 Å². The maximum absolute atomic E-state index is 11.4. The van der Waals surface area contributed by atoms with Gasteiger partial charge in [-0.3, -0.25) is 4.79 Å². The number of aliphatic carboxylic acids is 1. The Morgan fingerprint density at radius 3 is 2.67 bits per heavy atom. The molecule has 0 bridgehead atoms. The molecule has 0 aromatic heterocycles. The molecule has 0 spiro atoms. The van der Waals surface area contributed by atoms with Gasteiger partial charge in [-0.15, -0.1) is 11.8 Å². The van der Waals surface area contributed by atoms with Crippen LogP contribution >= 0.6 is 11.8 Å². The maximum atomic E-state index is 11.4. The number of hydrogen-bond donors (Lipinski definition) is 2. The average Bonchev–Trinajstić information content (AvgIpc) is 2.35. The van der Waals surface area contributed by atoms with Gasteiger partial charge in [0.05, 0.1) is 0 Å². The molecule has 0 saturated carbocycles. The molecule has 0 radical (unpaired) electrons. The molecule has 100 valence electrons. The Morgan fingerprint density at radius 1 is 1.44 bits per heavy atom. The highest BCUT2D eigenvalue weighted by atomic mass is 32.2. The lowest BCUT2D eigenvalue weighted by molar-refractivity contribution is -0.143. The number of aryl methyl sites for hydroxylation is 1. The fourth-order valence-electron chi connectivity index (χ4n) is 1.53. The van der Waals surface area contributed by atoms with Crippen LogP contribution in [0.4, 0.5) is 0 Å². The van der Waals surface area contributed by atoms with Gasteiger partial charge in [-0.05, 0) is 38.4 Å². The van der Waals surface area contributed by atoms with Gasteiger partial charge in [0.15, 0.2) is 0 Å². The highest BCUT2D eigenvalue weighted by Gasteiger charge is 2.32. The van der Waals surface area contributed by atoms with Crippen LogP contribution in [0.25, 0.3) is 0 Å². The Kier molecular flexibility index (Phi) is 5.69. The van der Waals surface area contributed by atoms with Crippen LogP contribution in [-0.4, -0.2) is 28.9 Å². The standard InChI is InChI=1S/C14H21NO2S/c1-4-9-15-14(3,13(16)17)10-18-12-8-6-5-7-11(12)2/h5-8,15H,4,9-10H2,1-3H3,(H,16,17). The molecule has 4 heteroatoms. The Hall–Kier alpha value is -1.00. The summed E-state index contributed by atoms with van der Waals surface area (Å²) in [6, 6.07) is 8.04. The molecule has 0 aliphatic rings. The fourth-order valence-corrected chi connectivity index (χ4v) is 2.67. The van der Waals surface area contributed by atoms with Crippen molar-refractivity contribution in [3.63, 3.8) is 0 Å². The van der Waals surface area contributed by atoms with Crippen LogP contribution in [0.2, 0.25) is 0 Å². The lowest BCUT2D eigenvalue weighted by atomic mass is 10.1. The highest BCUT2D eigenvalue weighted by molar-refractivity contribution is 7.99. The van der Waals surface area contributed by atoms with E-state index in [0.29, 0.717) is 5.75 Å². The summed E-state index contributed by atoms with van der Waals surface area (Å²) in [6.45, 7) is 6.54. The van der Waals surface area contributed by atoms with Crippen molar-refractivity contribution in [2.45, 2.75) is 37.6 Å². The molecular formula is C14H21NO2S. The largest absolute Gasteiger partial charge is 0.480 e. The second-order valence-corrected chi connectivity index (χ2v) is 5.64. The van der Waals surface area contributed by atoms with E-state index >= 15 is 0 Å². The maximum Gasteiger partial charge on any atom is 0.324 e. The van der Waals surface area contributed by atoms with Crippen LogP contribution in [0.15, 0.2) is 29.2 Å². The summed E-state index contributed by atoms with van der Waals surface area (Å²) in [5.41, 5.74) is 0.314. The smallest absolute Gasteiger partial charge is 0.324 e. The minimum Gasteiger partial charge on any atom is -0.480 e. The molecule has 0 amide bonds. The van der Waals surface area contributed by atoms with Crippen LogP contribution in [0.5, 0.6) is 0 Å². The molecule has 1 aromatic rings. The van der Waals surface area contributed by atoms with Crippen LogP contribution < -0.4 is 5.32 Å². The van der Waals surface area contributed by atoms with Crippen molar-refractivity contribution in [1.82, 2.24) is 5.32 Å². The summed E-state index contributed by atoms with van der Waals surface area (Å²) >= 11 is 1.59. The summed E-state index contributed by atoms with van der Waals surface area (Å²) in [7, 11) is 0. The first-order valence-corrected chi connectivity index (χ1v) is 7.15. The van der Waals surface area contributed by atoms with Crippen molar-refractivity contribution in [3.05, 3.63) is 29.8 Å². The molecule has 1 atom stereocenters. The molecular weight excluding hydrogens is 246 g/mol. The zero-order valence-electron chi connectivity index (χ0n) is 11.2. The van der Waals surface area contributed by atoms with E-state index < -0.39 is 11.5 Å². The molecule has 0 aliphatic carbocycles. The van der Waals surface area contributed by atoms with Gasteiger partial charge < -0.3 is 10.4 Å². The summed E-state index contributed by atoms with van der Waals surface area (Å²) in [6.07, 6.45) is 0.928. The van der Waals surface area contributed by atoms with Crippen molar-refractivity contribution in [2.24, 2.45) is 0 Å². The zero-order chi connectivity index (χ0) is 13.6. The monoisotopic (exact) mass is 267 g/mol. The molecule has 1 aromatic carbocycles. The van der Waals surface area contributed by atoms with E-state index in [1.807, 2.05) is 38.1 Å². The van der Waals surface area contributed by atoms with Gasteiger partial charge in [-0.2, -0.15) is 0 Å². The molecule has 1 unspecified atom stereocenters. The summed E-state index contributed by atoms with van der Waals surface area (Å²) in [5.74, 6) is -0.273. The Bertz CT molecular complexity index is 409. The van der Waals surface area contributed by atoms with Gasteiger partial charge in [0, 0.05) is 10.6 Å². The summed E-state index contributed by atoms with van der Waals surface area (Å²) < 4.78 is 0. The second kappa shape index (κ2) is 6.81. The van der Waals surface area contributed by atoms with Gasteiger partial charge in [0.2, 0.25) is 0 Å². The molecule has 1 rings (SSSR count). The van der Waals surface area contributed by atoms with Crippen molar-refractivity contribution >= 4 is 17.7 Å². The second-order valence-electron chi connectivity index (χ2n) is 4.62. The Morgan fingerprint density at radius 2 is 2.11 bits per heavy atom. The fraction of sp³-hybridized carbons (Fsp3) is 0.500. The molecule has 18 heavy (non-hydrogen) atoms. The van der Waals surface area contributed by atoms with Gasteiger partial charge in [0.25, 0.3) is 0 Å². The number of carboxylic acids is 1. The van der Waals surface area contributed by atoms with E-state index in [1.54, 1.807) is 18.7 Å². The number of hydrogen-bond acceptors (Lipinski definition) is 3. The summed E-state index contributed by atoms with van der Waals surface area (Å²) in [5, 5.41) is 12.4. The van der Waals surface area contributed by atoms with Crippen LogP contribution in [0.1, 0.15) is 25.8 Å².